The largest absolute Gasteiger partial charge is 0.295 e. The lowest BCUT2D eigenvalue weighted by Crippen LogP contribution is -2.21. The lowest BCUT2D eigenvalue weighted by Gasteiger charge is -2.12. The molecule has 0 aliphatic heterocycles. The van der Waals surface area contributed by atoms with Crippen LogP contribution in [0.2, 0.25) is 0 Å². The third kappa shape index (κ3) is 3.95. The van der Waals surface area contributed by atoms with Crippen LogP contribution >= 0.6 is 15.9 Å². The minimum Gasteiger partial charge on any atom is -0.295 e. The molecule has 1 nitrogen and oxygen atoms in total. The molecule has 0 saturated heterocycles. The van der Waals surface area contributed by atoms with Crippen LogP contribution in [0.25, 0.3) is 0 Å². The molecule has 0 aliphatic carbocycles. The van der Waals surface area contributed by atoms with Crippen LogP contribution in [-0.4, -0.2) is 25.0 Å². The predicted molar refractivity (Wildman–Crippen MR) is 64.2 cm³/mol. The van der Waals surface area contributed by atoms with Gasteiger partial charge >= 0.3 is 0 Å². The van der Waals surface area contributed by atoms with Crippen molar-refractivity contribution in [3.8, 4) is 12.3 Å². The molecule has 0 unspecified atom stereocenters. The Bertz CT molecular complexity index is 310. The number of nitrogens with zero attached hydrogens (tertiary/aromatic N) is 1. The number of likely N-dealkylation sites (N-methyl/N-ethyl adjacent to an activating group) is 1. The van der Waals surface area contributed by atoms with Crippen LogP contribution in [0.1, 0.15) is 5.56 Å². The van der Waals surface area contributed by atoms with E-state index in [0.29, 0.717) is 0 Å². The molecule has 14 heavy (non-hydrogen) atoms. The maximum Gasteiger partial charge on any atom is 0.0596 e. The quantitative estimate of drug-likeness (QED) is 0.744. The number of hydrogen-bond acceptors (Lipinski definition) is 1. The van der Waals surface area contributed by atoms with E-state index in [1.54, 1.807) is 0 Å². The van der Waals surface area contributed by atoms with E-state index in [2.05, 4.69) is 51.0 Å². The molecule has 0 atom stereocenters. The van der Waals surface area contributed by atoms with Gasteiger partial charge in [0.2, 0.25) is 0 Å². The van der Waals surface area contributed by atoms with Gasteiger partial charge in [-0.25, -0.2) is 0 Å². The summed E-state index contributed by atoms with van der Waals surface area (Å²) in [6, 6.07) is 8.40. The van der Waals surface area contributed by atoms with Gasteiger partial charge < -0.3 is 0 Å². The van der Waals surface area contributed by atoms with E-state index in [0.717, 1.165) is 24.0 Å². The molecular formula is C12H14BrN. The number of hydrogen-bond donors (Lipinski definition) is 0. The van der Waals surface area contributed by atoms with E-state index in [1.165, 1.54) is 5.56 Å². The lowest BCUT2D eigenvalue weighted by atomic mass is 10.1. The molecule has 0 bridgehead atoms. The van der Waals surface area contributed by atoms with Crippen molar-refractivity contribution in [3.05, 3.63) is 34.3 Å². The van der Waals surface area contributed by atoms with Gasteiger partial charge in [-0.1, -0.05) is 34.0 Å². The van der Waals surface area contributed by atoms with Gasteiger partial charge in [-0.2, -0.15) is 0 Å². The van der Waals surface area contributed by atoms with Crippen molar-refractivity contribution in [3.63, 3.8) is 0 Å². The first-order valence-electron chi connectivity index (χ1n) is 4.59. The first-order chi connectivity index (χ1) is 6.72. The maximum atomic E-state index is 5.22. The van der Waals surface area contributed by atoms with E-state index >= 15 is 0 Å². The Morgan fingerprint density at radius 1 is 1.36 bits per heavy atom. The average Bonchev–Trinajstić information content (AvgIpc) is 2.17. The second-order valence-corrected chi connectivity index (χ2v) is 4.23. The topological polar surface area (TPSA) is 3.24 Å². The zero-order valence-electron chi connectivity index (χ0n) is 8.33. The molecule has 0 heterocycles. The number of rotatable bonds is 4. The second-order valence-electron chi connectivity index (χ2n) is 3.32. The summed E-state index contributed by atoms with van der Waals surface area (Å²) in [5, 5.41) is 0. The fourth-order valence-electron chi connectivity index (χ4n) is 1.21. The van der Waals surface area contributed by atoms with E-state index < -0.39 is 0 Å². The summed E-state index contributed by atoms with van der Waals surface area (Å²) < 4.78 is 1.12. The van der Waals surface area contributed by atoms with Crippen LogP contribution in [-0.2, 0) is 6.42 Å². The average molecular weight is 252 g/mol. The highest BCUT2D eigenvalue weighted by Gasteiger charge is 1.97. The summed E-state index contributed by atoms with van der Waals surface area (Å²) in [6.45, 7) is 1.72. The minimum absolute atomic E-state index is 0.719. The molecule has 0 spiro atoms. The third-order valence-electron chi connectivity index (χ3n) is 2.06. The Balaban J connectivity index is 2.39. The van der Waals surface area contributed by atoms with Crippen molar-refractivity contribution in [2.45, 2.75) is 6.42 Å². The first kappa shape index (κ1) is 11.3. The molecule has 0 N–H and O–H groups in total. The van der Waals surface area contributed by atoms with Crippen LogP contribution in [0.15, 0.2) is 28.7 Å². The van der Waals surface area contributed by atoms with Crippen LogP contribution in [0.4, 0.5) is 0 Å². The van der Waals surface area contributed by atoms with Gasteiger partial charge in [-0.3, -0.25) is 4.90 Å². The molecule has 0 aromatic heterocycles. The first-order valence-corrected chi connectivity index (χ1v) is 5.38. The highest BCUT2D eigenvalue weighted by Crippen LogP contribution is 2.10. The van der Waals surface area contributed by atoms with E-state index in [1.807, 2.05) is 7.05 Å². The third-order valence-corrected chi connectivity index (χ3v) is 2.59. The van der Waals surface area contributed by atoms with Crippen molar-refractivity contribution in [2.75, 3.05) is 20.1 Å². The normalized spacial score (nSPS) is 10.1. The Morgan fingerprint density at radius 3 is 2.57 bits per heavy atom. The van der Waals surface area contributed by atoms with Gasteiger partial charge in [0.1, 0.15) is 0 Å². The molecular weight excluding hydrogens is 238 g/mol. The van der Waals surface area contributed by atoms with Gasteiger partial charge in [0.15, 0.2) is 0 Å². The summed E-state index contributed by atoms with van der Waals surface area (Å²) in [6.07, 6.45) is 6.27. The second kappa shape index (κ2) is 5.85. The number of benzene rings is 1. The fraction of sp³-hybridized carbons (Fsp3) is 0.333. The van der Waals surface area contributed by atoms with Crippen molar-refractivity contribution in [1.82, 2.24) is 4.90 Å². The van der Waals surface area contributed by atoms with Gasteiger partial charge in [0.05, 0.1) is 6.54 Å². The molecule has 0 saturated carbocycles. The van der Waals surface area contributed by atoms with Gasteiger partial charge in [0, 0.05) is 11.0 Å². The number of terminal acetylenes is 1. The molecule has 1 aromatic carbocycles. The molecule has 0 radical (unpaired) electrons. The Kier molecular flexibility index (Phi) is 4.72. The Hall–Kier alpha value is -0.780. The van der Waals surface area contributed by atoms with Crippen LogP contribution < -0.4 is 0 Å². The standard InChI is InChI=1S/C12H14BrN/c1-3-9-14(2)10-8-11-4-6-12(13)7-5-11/h1,4-7H,8-10H2,2H3. The summed E-state index contributed by atoms with van der Waals surface area (Å²) in [7, 11) is 2.04. The van der Waals surface area contributed by atoms with E-state index in [4.69, 9.17) is 6.42 Å². The summed E-state index contributed by atoms with van der Waals surface area (Å²) >= 11 is 3.41. The maximum absolute atomic E-state index is 5.22. The van der Waals surface area contributed by atoms with Crippen molar-refractivity contribution >= 4 is 15.9 Å². The van der Waals surface area contributed by atoms with Crippen LogP contribution in [0.3, 0.4) is 0 Å². The Morgan fingerprint density at radius 2 is 2.00 bits per heavy atom. The van der Waals surface area contributed by atoms with Crippen molar-refractivity contribution in [1.29, 1.82) is 0 Å². The molecule has 74 valence electrons. The summed E-state index contributed by atoms with van der Waals surface area (Å²) in [5.74, 6) is 2.63. The zero-order chi connectivity index (χ0) is 10.4. The van der Waals surface area contributed by atoms with Crippen LogP contribution in [0.5, 0.6) is 0 Å². The molecule has 0 fully saturated rings. The minimum atomic E-state index is 0.719. The fourth-order valence-corrected chi connectivity index (χ4v) is 1.47. The van der Waals surface area contributed by atoms with E-state index in [-0.39, 0.29) is 0 Å². The van der Waals surface area contributed by atoms with Gasteiger partial charge in [0.25, 0.3) is 0 Å². The SMILES string of the molecule is C#CCN(C)CCc1ccc(Br)cc1. The van der Waals surface area contributed by atoms with Crippen LogP contribution in [0, 0.1) is 12.3 Å². The number of halogens is 1. The van der Waals surface area contributed by atoms with E-state index in [9.17, 15) is 0 Å². The Labute approximate surface area is 94.2 Å². The van der Waals surface area contributed by atoms with Crippen molar-refractivity contribution in [2.24, 2.45) is 0 Å². The monoisotopic (exact) mass is 251 g/mol. The molecule has 0 amide bonds. The lowest BCUT2D eigenvalue weighted by molar-refractivity contribution is 0.381. The summed E-state index contributed by atoms with van der Waals surface area (Å²) in [4.78, 5) is 2.14. The zero-order valence-corrected chi connectivity index (χ0v) is 9.92. The smallest absolute Gasteiger partial charge is 0.0596 e. The summed E-state index contributed by atoms with van der Waals surface area (Å²) in [5.41, 5.74) is 1.34. The molecule has 1 aromatic rings. The van der Waals surface area contributed by atoms with Gasteiger partial charge in [-0.15, -0.1) is 6.42 Å². The molecule has 0 aliphatic rings. The molecule has 2 heteroatoms. The predicted octanol–water partition coefficient (Wildman–Crippen LogP) is 2.56. The highest BCUT2D eigenvalue weighted by molar-refractivity contribution is 9.10. The molecule has 1 rings (SSSR count). The van der Waals surface area contributed by atoms with Crippen molar-refractivity contribution < 1.29 is 0 Å². The highest BCUT2D eigenvalue weighted by atomic mass is 79.9. The van der Waals surface area contributed by atoms with Gasteiger partial charge in [-0.05, 0) is 31.2 Å².